The van der Waals surface area contributed by atoms with Crippen molar-refractivity contribution in [1.82, 2.24) is 29.1 Å². The van der Waals surface area contributed by atoms with E-state index >= 15 is 0 Å². The third kappa shape index (κ3) is 10.8. The number of aromatic nitrogens is 6. The zero-order chi connectivity index (χ0) is 78.6. The van der Waals surface area contributed by atoms with Crippen molar-refractivity contribution in [2.24, 2.45) is 0 Å². The molecule has 26 rings (SSSR count). The Bertz CT molecular complexity index is 8750. The van der Waals surface area contributed by atoms with Crippen LogP contribution in [0, 0.1) is 0 Å². The third-order valence-corrected chi connectivity index (χ3v) is 27.1. The van der Waals surface area contributed by atoms with Gasteiger partial charge in [-0.2, -0.15) is 0 Å². The molecule has 0 aliphatic rings. The van der Waals surface area contributed by atoms with E-state index in [1.165, 1.54) is 159 Å². The molecule has 6 nitrogen and oxygen atoms in total. The van der Waals surface area contributed by atoms with Crippen molar-refractivity contribution in [2.45, 2.75) is 0 Å². The average molecular weight is 1560 g/mol. The maximum Gasteiger partial charge on any atom is 0.161 e. The lowest BCUT2D eigenvalue weighted by Gasteiger charge is -2.14. The van der Waals surface area contributed by atoms with Crippen LogP contribution in [0.25, 0.3) is 249 Å². The molecular formula is C112H66N6S2. The van der Waals surface area contributed by atoms with Crippen LogP contribution in [0.5, 0.6) is 0 Å². The SMILES string of the molecule is c1ccc2c(-c3cc(-c4ccc5c(c4)c4ccccc4n5-c4ccc5c6ccccc6c6ccccc6c5c4)nc(-c4ccc5sc6ccccc6c5c4)n3)cccc2c1.c1ccc2c(-c3cc(-c4ccc5c(c4)c4ccccc4n5-c4ccc5c6ccccc6c6ccccc6c5c4)nc(-c4cccc5c4sc4ccccc45)n3)cccc2c1. The second-order valence-electron chi connectivity index (χ2n) is 31.4. The average Bonchev–Trinajstić information content (AvgIpc) is 1.43. The molecule has 26 aromatic rings. The predicted molar refractivity (Wildman–Crippen MR) is 511 cm³/mol. The van der Waals surface area contributed by atoms with E-state index in [1.54, 1.807) is 0 Å². The molecular weight excluding hydrogens is 1490 g/mol. The van der Waals surface area contributed by atoms with Crippen molar-refractivity contribution in [3.05, 3.63) is 400 Å². The van der Waals surface area contributed by atoms with Crippen LogP contribution < -0.4 is 0 Å². The summed E-state index contributed by atoms with van der Waals surface area (Å²) in [5.74, 6) is 1.44. The summed E-state index contributed by atoms with van der Waals surface area (Å²) in [4.78, 5) is 21.5. The van der Waals surface area contributed by atoms with Gasteiger partial charge in [0.15, 0.2) is 11.6 Å². The lowest BCUT2D eigenvalue weighted by molar-refractivity contribution is 1.18. The highest BCUT2D eigenvalue weighted by molar-refractivity contribution is 7.26. The molecule has 0 radical (unpaired) electrons. The van der Waals surface area contributed by atoms with Crippen molar-refractivity contribution < 1.29 is 0 Å². The van der Waals surface area contributed by atoms with E-state index in [9.17, 15) is 0 Å². The van der Waals surface area contributed by atoms with Gasteiger partial charge < -0.3 is 9.13 Å². The van der Waals surface area contributed by atoms with Crippen molar-refractivity contribution >= 4 is 193 Å². The first-order valence-corrected chi connectivity index (χ1v) is 42.4. The van der Waals surface area contributed by atoms with Gasteiger partial charge >= 0.3 is 0 Å². The Hall–Kier alpha value is -15.3. The van der Waals surface area contributed by atoms with Crippen LogP contribution in [-0.4, -0.2) is 29.1 Å². The van der Waals surface area contributed by atoms with E-state index in [-0.39, 0.29) is 0 Å². The maximum atomic E-state index is 5.43. The highest BCUT2D eigenvalue weighted by Gasteiger charge is 2.24. The molecule has 0 aliphatic heterocycles. The number of nitrogens with zero attached hydrogens (tertiary/aromatic N) is 6. The normalized spacial score (nSPS) is 12.0. The Morgan fingerprint density at radius 1 is 0.175 bits per heavy atom. The standard InChI is InChI=1S/2C56H33N3S/c1-2-15-37-34(13-1)14-11-22-43(37)51-33-50(57-56(58-51)47-24-12-23-46-45-21-8-10-26-54(45)60-55(46)47)35-27-30-53-49(31-35)44-20-7-9-25-52(44)59(53)36-28-29-42-40-18-4-3-16-38(40)39-17-5-6-19-41(39)48(42)32-36;1-2-14-38-34(12-1)13-11-21-44(38)51-33-50(57-56(58-51)36-25-29-55-49(31-36)46-20-8-10-23-54(46)60-55)35-24-28-53-48(30-35)45-19-7-9-22-52(45)59(53)37-26-27-43-41-17-4-3-15-39(41)40-16-5-6-18-42(40)47(43)32-37/h2*1-33H. The molecule has 6 aromatic heterocycles. The molecule has 0 bridgehead atoms. The molecule has 0 unspecified atom stereocenters. The molecule has 0 atom stereocenters. The van der Waals surface area contributed by atoms with E-state index in [0.717, 1.165) is 84.4 Å². The molecule has 6 heterocycles. The number of benzene rings is 20. The monoisotopic (exact) mass is 1560 g/mol. The van der Waals surface area contributed by atoms with Crippen LogP contribution >= 0.6 is 22.7 Å². The van der Waals surface area contributed by atoms with Gasteiger partial charge in [0.25, 0.3) is 0 Å². The summed E-state index contributed by atoms with van der Waals surface area (Å²) in [7, 11) is 0. The molecule has 0 saturated heterocycles. The summed E-state index contributed by atoms with van der Waals surface area (Å²) in [6.45, 7) is 0. The Kier molecular flexibility index (Phi) is 15.4. The first kappa shape index (κ1) is 68.0. The van der Waals surface area contributed by atoms with Gasteiger partial charge in [-0.05, 0) is 195 Å². The summed E-state index contributed by atoms with van der Waals surface area (Å²) < 4.78 is 9.86. The van der Waals surface area contributed by atoms with Gasteiger partial charge in [0.1, 0.15) is 0 Å². The second kappa shape index (κ2) is 27.1. The summed E-state index contributed by atoms with van der Waals surface area (Å²) in [6, 6.07) is 145. The molecule has 20 aromatic carbocycles. The molecule has 0 N–H and O–H groups in total. The number of hydrogen-bond acceptors (Lipinski definition) is 6. The van der Waals surface area contributed by atoms with Gasteiger partial charge in [-0.1, -0.05) is 291 Å². The predicted octanol–water partition coefficient (Wildman–Crippen LogP) is 31.1. The molecule has 0 fully saturated rings. The van der Waals surface area contributed by atoms with Gasteiger partial charge in [0, 0.05) is 107 Å². The number of fused-ring (bicyclic) bond motifs is 26. The smallest absolute Gasteiger partial charge is 0.161 e. The minimum Gasteiger partial charge on any atom is -0.309 e. The minimum absolute atomic E-state index is 0.714. The largest absolute Gasteiger partial charge is 0.309 e. The van der Waals surface area contributed by atoms with Gasteiger partial charge in [-0.15, -0.1) is 22.7 Å². The summed E-state index contributed by atoms with van der Waals surface area (Å²) in [6.07, 6.45) is 0. The molecule has 556 valence electrons. The van der Waals surface area contributed by atoms with Crippen molar-refractivity contribution in [3.8, 4) is 79.2 Å². The van der Waals surface area contributed by atoms with E-state index in [2.05, 4.69) is 410 Å². The second-order valence-corrected chi connectivity index (χ2v) is 33.5. The minimum atomic E-state index is 0.714. The van der Waals surface area contributed by atoms with Crippen LogP contribution in [0.2, 0.25) is 0 Å². The van der Waals surface area contributed by atoms with Crippen molar-refractivity contribution in [1.29, 1.82) is 0 Å². The Labute approximate surface area is 696 Å². The van der Waals surface area contributed by atoms with Gasteiger partial charge in [0.2, 0.25) is 0 Å². The van der Waals surface area contributed by atoms with E-state index < -0.39 is 0 Å². The lowest BCUT2D eigenvalue weighted by Crippen LogP contribution is -1.97. The van der Waals surface area contributed by atoms with Crippen LogP contribution in [0.1, 0.15) is 0 Å². The van der Waals surface area contributed by atoms with Crippen LogP contribution in [-0.2, 0) is 0 Å². The molecule has 0 aliphatic carbocycles. The lowest BCUT2D eigenvalue weighted by atomic mass is 9.94. The van der Waals surface area contributed by atoms with Crippen LogP contribution in [0.4, 0.5) is 0 Å². The van der Waals surface area contributed by atoms with Gasteiger partial charge in [-0.25, -0.2) is 19.9 Å². The van der Waals surface area contributed by atoms with E-state index in [0.29, 0.717) is 5.82 Å². The molecule has 8 heteroatoms. The zero-order valence-corrected chi connectivity index (χ0v) is 66.2. The molecule has 0 spiro atoms. The zero-order valence-electron chi connectivity index (χ0n) is 64.6. The van der Waals surface area contributed by atoms with Crippen LogP contribution in [0.15, 0.2) is 400 Å². The van der Waals surface area contributed by atoms with E-state index in [1.807, 2.05) is 22.7 Å². The molecule has 120 heavy (non-hydrogen) atoms. The highest BCUT2D eigenvalue weighted by Crippen LogP contribution is 2.47. The maximum absolute atomic E-state index is 5.43. The number of thiophene rings is 2. The van der Waals surface area contributed by atoms with Crippen molar-refractivity contribution in [2.75, 3.05) is 0 Å². The Morgan fingerprint density at radius 2 is 0.508 bits per heavy atom. The van der Waals surface area contributed by atoms with Crippen LogP contribution in [0.3, 0.4) is 0 Å². The quantitative estimate of drug-likeness (QED) is 0.142. The van der Waals surface area contributed by atoms with Gasteiger partial charge in [0.05, 0.1) is 44.8 Å². The first-order chi connectivity index (χ1) is 59.5. The molecule has 0 saturated carbocycles. The summed E-state index contributed by atoms with van der Waals surface area (Å²) in [5.41, 5.74) is 16.9. The third-order valence-electron chi connectivity index (χ3n) is 24.8. The fraction of sp³-hybridized carbons (Fsp3) is 0. The number of rotatable bonds is 8. The Balaban J connectivity index is 0.000000133. The Morgan fingerprint density at radius 3 is 1.02 bits per heavy atom. The van der Waals surface area contributed by atoms with E-state index in [4.69, 9.17) is 19.9 Å². The number of hydrogen-bond donors (Lipinski definition) is 0. The topological polar surface area (TPSA) is 61.4 Å². The summed E-state index contributed by atoms with van der Waals surface area (Å²) >= 11 is 3.64. The summed E-state index contributed by atoms with van der Waals surface area (Å²) in [5, 5.41) is 29.8. The highest BCUT2D eigenvalue weighted by atomic mass is 32.1. The fourth-order valence-electron chi connectivity index (χ4n) is 19.3. The number of para-hydroxylation sites is 2. The molecule has 0 amide bonds. The van der Waals surface area contributed by atoms with Crippen molar-refractivity contribution in [3.63, 3.8) is 0 Å². The first-order valence-electron chi connectivity index (χ1n) is 40.8. The van der Waals surface area contributed by atoms with Gasteiger partial charge in [-0.3, -0.25) is 0 Å². The fourth-order valence-corrected chi connectivity index (χ4v) is 21.6.